The van der Waals surface area contributed by atoms with Crippen molar-refractivity contribution >= 4 is 11.7 Å². The summed E-state index contributed by atoms with van der Waals surface area (Å²) in [4.78, 5) is 8.11. The molecule has 0 aliphatic carbocycles. The summed E-state index contributed by atoms with van der Waals surface area (Å²) in [5, 5.41) is 3.07. The Labute approximate surface area is 100 Å². The first-order valence-corrected chi connectivity index (χ1v) is 5.85. The van der Waals surface area contributed by atoms with Crippen LogP contribution in [0.15, 0.2) is 23.3 Å². The highest BCUT2D eigenvalue weighted by atomic mass is 15.0. The van der Waals surface area contributed by atoms with E-state index >= 15 is 0 Å². The van der Waals surface area contributed by atoms with Crippen LogP contribution in [0, 0.1) is 6.92 Å². The number of aliphatic imine (C=N–C) groups is 1. The maximum absolute atomic E-state index is 4.14. The fraction of sp³-hybridized carbons (Fsp3) is 0.538. The topological polar surface area (TPSA) is 37.3 Å². The molecule has 0 amide bonds. The minimum absolute atomic E-state index is 0.845. The van der Waals surface area contributed by atoms with Crippen molar-refractivity contribution in [2.45, 2.75) is 41.5 Å². The molecule has 0 aromatic carbocycles. The SMILES string of the molecule is CC.CC.CN=C(C)Nc1cc(C)ccn1. The van der Waals surface area contributed by atoms with Crippen LogP contribution in [0.3, 0.4) is 0 Å². The van der Waals surface area contributed by atoms with Gasteiger partial charge in [-0.1, -0.05) is 27.7 Å². The van der Waals surface area contributed by atoms with Crippen LogP contribution in [0.25, 0.3) is 0 Å². The molecule has 1 aromatic rings. The smallest absolute Gasteiger partial charge is 0.131 e. The van der Waals surface area contributed by atoms with Crippen LogP contribution in [0.4, 0.5) is 5.82 Å². The molecule has 0 unspecified atom stereocenters. The maximum Gasteiger partial charge on any atom is 0.131 e. The molecule has 0 bridgehead atoms. The normalized spacial score (nSPS) is 9.31. The molecule has 0 fully saturated rings. The number of aromatic nitrogens is 1. The largest absolute Gasteiger partial charge is 0.329 e. The van der Waals surface area contributed by atoms with Gasteiger partial charge in [0.05, 0.1) is 5.84 Å². The Bertz CT molecular complexity index is 293. The maximum atomic E-state index is 4.14. The first-order chi connectivity index (χ1) is 7.72. The summed E-state index contributed by atoms with van der Waals surface area (Å²) in [5.74, 6) is 1.71. The third-order valence-corrected chi connectivity index (χ3v) is 1.56. The van der Waals surface area contributed by atoms with Crippen molar-refractivity contribution in [3.05, 3.63) is 23.9 Å². The molecule has 0 spiro atoms. The molecule has 16 heavy (non-hydrogen) atoms. The van der Waals surface area contributed by atoms with Crippen LogP contribution < -0.4 is 5.32 Å². The van der Waals surface area contributed by atoms with E-state index in [2.05, 4.69) is 15.3 Å². The van der Waals surface area contributed by atoms with Gasteiger partial charge in [0.2, 0.25) is 0 Å². The lowest BCUT2D eigenvalue weighted by molar-refractivity contribution is 1.27. The third kappa shape index (κ3) is 7.97. The van der Waals surface area contributed by atoms with Crippen LogP contribution >= 0.6 is 0 Å². The minimum Gasteiger partial charge on any atom is -0.329 e. The summed E-state index contributed by atoms with van der Waals surface area (Å²) in [6.07, 6.45) is 1.78. The van der Waals surface area contributed by atoms with E-state index in [-0.39, 0.29) is 0 Å². The molecular formula is C13H25N3. The average molecular weight is 223 g/mol. The molecule has 1 aromatic heterocycles. The number of nitrogens with zero attached hydrogens (tertiary/aromatic N) is 2. The highest BCUT2D eigenvalue weighted by Gasteiger charge is 1.93. The Hall–Kier alpha value is -1.38. The quantitative estimate of drug-likeness (QED) is 0.579. The van der Waals surface area contributed by atoms with E-state index in [1.54, 1.807) is 13.2 Å². The summed E-state index contributed by atoms with van der Waals surface area (Å²) in [6, 6.07) is 3.94. The van der Waals surface area contributed by atoms with Gasteiger partial charge < -0.3 is 5.32 Å². The van der Waals surface area contributed by atoms with Gasteiger partial charge in [-0.25, -0.2) is 4.98 Å². The Morgan fingerprint density at radius 3 is 2.25 bits per heavy atom. The minimum atomic E-state index is 0.845. The van der Waals surface area contributed by atoms with Crippen molar-refractivity contribution in [3.63, 3.8) is 0 Å². The van der Waals surface area contributed by atoms with Crippen LogP contribution in [0.2, 0.25) is 0 Å². The van der Waals surface area contributed by atoms with Gasteiger partial charge in [-0.15, -0.1) is 0 Å². The molecule has 3 nitrogen and oxygen atoms in total. The number of nitrogens with one attached hydrogen (secondary N) is 1. The molecule has 1 heterocycles. The molecule has 0 aliphatic heterocycles. The first kappa shape index (κ1) is 17.0. The molecule has 0 saturated carbocycles. The van der Waals surface area contributed by atoms with E-state index in [0.717, 1.165) is 11.7 Å². The lowest BCUT2D eigenvalue weighted by Crippen LogP contribution is -2.07. The second kappa shape index (κ2) is 11.7. The molecular weight excluding hydrogens is 198 g/mol. The predicted molar refractivity (Wildman–Crippen MR) is 74.3 cm³/mol. The van der Waals surface area contributed by atoms with Gasteiger partial charge in [0.1, 0.15) is 5.82 Å². The summed E-state index contributed by atoms with van der Waals surface area (Å²) in [6.45, 7) is 11.9. The van der Waals surface area contributed by atoms with Gasteiger partial charge in [-0.2, -0.15) is 0 Å². The number of hydrogen-bond donors (Lipinski definition) is 1. The first-order valence-electron chi connectivity index (χ1n) is 5.85. The zero-order valence-corrected chi connectivity index (χ0v) is 11.6. The molecule has 3 heteroatoms. The standard InChI is InChI=1S/C9H13N3.2C2H6/c1-7-4-5-11-9(6-7)12-8(2)10-3;2*1-2/h4-6H,1-3H3,(H,10,11,12);2*1-2H3. The van der Waals surface area contributed by atoms with E-state index in [4.69, 9.17) is 0 Å². The zero-order chi connectivity index (χ0) is 13.0. The van der Waals surface area contributed by atoms with Crippen molar-refractivity contribution in [3.8, 4) is 0 Å². The fourth-order valence-corrected chi connectivity index (χ4v) is 0.846. The Kier molecular flexibility index (Phi) is 12.4. The highest BCUT2D eigenvalue weighted by Crippen LogP contribution is 2.04. The highest BCUT2D eigenvalue weighted by molar-refractivity contribution is 5.92. The van der Waals surface area contributed by atoms with E-state index in [1.807, 2.05) is 53.7 Å². The van der Waals surface area contributed by atoms with Crippen LogP contribution in [-0.4, -0.2) is 17.9 Å². The molecule has 0 saturated heterocycles. The molecule has 0 aliphatic rings. The van der Waals surface area contributed by atoms with Crippen LogP contribution in [-0.2, 0) is 0 Å². The fourth-order valence-electron chi connectivity index (χ4n) is 0.846. The zero-order valence-electron chi connectivity index (χ0n) is 11.6. The van der Waals surface area contributed by atoms with Gasteiger partial charge in [0.25, 0.3) is 0 Å². The van der Waals surface area contributed by atoms with Crippen molar-refractivity contribution in [2.75, 3.05) is 12.4 Å². The van der Waals surface area contributed by atoms with Gasteiger partial charge in [-0.05, 0) is 31.5 Å². The van der Waals surface area contributed by atoms with Gasteiger partial charge in [0.15, 0.2) is 0 Å². The molecule has 92 valence electrons. The summed E-state index contributed by atoms with van der Waals surface area (Å²) >= 11 is 0. The van der Waals surface area contributed by atoms with E-state index in [9.17, 15) is 0 Å². The Morgan fingerprint density at radius 2 is 1.81 bits per heavy atom. The monoisotopic (exact) mass is 223 g/mol. The van der Waals surface area contributed by atoms with Crippen molar-refractivity contribution in [1.82, 2.24) is 4.98 Å². The molecule has 1 N–H and O–H groups in total. The van der Waals surface area contributed by atoms with Gasteiger partial charge in [-0.3, -0.25) is 4.99 Å². The second-order valence-electron chi connectivity index (χ2n) is 2.65. The summed E-state index contributed by atoms with van der Waals surface area (Å²) < 4.78 is 0. The van der Waals surface area contributed by atoms with Crippen molar-refractivity contribution in [1.29, 1.82) is 0 Å². The Morgan fingerprint density at radius 1 is 1.25 bits per heavy atom. The number of pyridine rings is 1. The van der Waals surface area contributed by atoms with Gasteiger partial charge >= 0.3 is 0 Å². The number of anilines is 1. The Balaban J connectivity index is 0. The van der Waals surface area contributed by atoms with Crippen molar-refractivity contribution in [2.24, 2.45) is 4.99 Å². The van der Waals surface area contributed by atoms with E-state index in [1.165, 1.54) is 5.56 Å². The lowest BCUT2D eigenvalue weighted by Gasteiger charge is -2.03. The predicted octanol–water partition coefficient (Wildman–Crippen LogP) is 3.90. The molecule has 0 atom stereocenters. The summed E-state index contributed by atoms with van der Waals surface area (Å²) in [5.41, 5.74) is 1.19. The van der Waals surface area contributed by atoms with Crippen LogP contribution in [0.1, 0.15) is 40.2 Å². The number of hydrogen-bond acceptors (Lipinski definition) is 2. The number of rotatable bonds is 1. The average Bonchev–Trinajstić information content (AvgIpc) is 2.34. The summed E-state index contributed by atoms with van der Waals surface area (Å²) in [7, 11) is 1.75. The number of amidine groups is 1. The van der Waals surface area contributed by atoms with Crippen LogP contribution in [0.5, 0.6) is 0 Å². The molecule has 0 radical (unpaired) electrons. The van der Waals surface area contributed by atoms with E-state index < -0.39 is 0 Å². The van der Waals surface area contributed by atoms with Crippen molar-refractivity contribution < 1.29 is 0 Å². The lowest BCUT2D eigenvalue weighted by atomic mass is 10.3. The number of aryl methyl sites for hydroxylation is 1. The van der Waals surface area contributed by atoms with Gasteiger partial charge in [0, 0.05) is 13.2 Å². The second-order valence-corrected chi connectivity index (χ2v) is 2.65. The third-order valence-electron chi connectivity index (χ3n) is 1.56. The molecule has 1 rings (SSSR count). The van der Waals surface area contributed by atoms with E-state index in [0.29, 0.717) is 0 Å².